The second-order valence-electron chi connectivity index (χ2n) is 6.53. The largest absolute Gasteiger partial charge is 0.462 e. The van der Waals surface area contributed by atoms with Gasteiger partial charge in [0.25, 0.3) is 0 Å². The molecule has 0 heterocycles. The number of hydrogen-bond acceptors (Lipinski definition) is 4. The summed E-state index contributed by atoms with van der Waals surface area (Å²) in [6, 6.07) is 15.7. The van der Waals surface area contributed by atoms with Crippen LogP contribution in [0, 0.1) is 5.41 Å². The Kier molecular flexibility index (Phi) is 5.26. The number of para-hydroxylation sites is 1. The van der Waals surface area contributed by atoms with Gasteiger partial charge in [0.15, 0.2) is 0 Å². The molecule has 1 aliphatic carbocycles. The minimum absolute atomic E-state index is 0.214. The van der Waals surface area contributed by atoms with Crippen LogP contribution in [0.4, 0.5) is 11.4 Å². The molecule has 0 spiro atoms. The van der Waals surface area contributed by atoms with Crippen molar-refractivity contribution in [3.8, 4) is 0 Å². The van der Waals surface area contributed by atoms with Crippen molar-refractivity contribution in [3.63, 3.8) is 0 Å². The van der Waals surface area contributed by atoms with E-state index < -0.39 is 11.4 Å². The minimum atomic E-state index is -1.02. The van der Waals surface area contributed by atoms with Gasteiger partial charge in [0.05, 0.1) is 12.2 Å². The fourth-order valence-corrected chi connectivity index (χ4v) is 2.91. The standard InChI is InChI=1S/C21H22N2O4/c1-3-27-18(24)15-9-11-16(12-10-15)22-19(25)21(13-14-21)20(26)23(2)17-7-5-4-6-8-17/h4-12H,3,13-14H2,1-2H3,(H,22,25). The Bertz CT molecular complexity index is 842. The molecule has 0 unspecified atom stereocenters. The van der Waals surface area contributed by atoms with Gasteiger partial charge in [0, 0.05) is 18.4 Å². The Balaban J connectivity index is 1.68. The fourth-order valence-electron chi connectivity index (χ4n) is 2.91. The summed E-state index contributed by atoms with van der Waals surface area (Å²) in [6.07, 6.45) is 1.05. The van der Waals surface area contributed by atoms with Crippen molar-refractivity contribution < 1.29 is 19.1 Å². The highest BCUT2D eigenvalue weighted by atomic mass is 16.5. The molecule has 0 saturated heterocycles. The molecule has 0 aliphatic heterocycles. The Morgan fingerprint density at radius 3 is 2.22 bits per heavy atom. The number of carbonyl (C=O) groups excluding carboxylic acids is 3. The number of carbonyl (C=O) groups is 3. The van der Waals surface area contributed by atoms with Crippen molar-refractivity contribution in [2.24, 2.45) is 5.41 Å². The number of ether oxygens (including phenoxy) is 1. The van der Waals surface area contributed by atoms with Crippen LogP contribution in [0.25, 0.3) is 0 Å². The van der Waals surface area contributed by atoms with Crippen molar-refractivity contribution in [2.45, 2.75) is 19.8 Å². The van der Waals surface area contributed by atoms with Crippen LogP contribution in [-0.2, 0) is 14.3 Å². The van der Waals surface area contributed by atoms with E-state index in [1.54, 1.807) is 38.2 Å². The lowest BCUT2D eigenvalue weighted by Crippen LogP contribution is -2.41. The van der Waals surface area contributed by atoms with Gasteiger partial charge in [-0.25, -0.2) is 4.79 Å². The monoisotopic (exact) mass is 366 g/mol. The lowest BCUT2D eigenvalue weighted by atomic mass is 10.0. The van der Waals surface area contributed by atoms with E-state index in [0.29, 0.717) is 30.7 Å². The van der Waals surface area contributed by atoms with Crippen LogP contribution in [0.15, 0.2) is 54.6 Å². The van der Waals surface area contributed by atoms with Crippen molar-refractivity contribution >= 4 is 29.2 Å². The molecular weight excluding hydrogens is 344 g/mol. The van der Waals surface area contributed by atoms with Crippen LogP contribution in [0.2, 0.25) is 0 Å². The molecule has 1 N–H and O–H groups in total. The molecule has 2 amide bonds. The van der Waals surface area contributed by atoms with Crippen molar-refractivity contribution in [1.29, 1.82) is 0 Å². The van der Waals surface area contributed by atoms with Crippen molar-refractivity contribution in [1.82, 2.24) is 0 Å². The summed E-state index contributed by atoms with van der Waals surface area (Å²) in [6.45, 7) is 2.04. The maximum Gasteiger partial charge on any atom is 0.338 e. The highest BCUT2D eigenvalue weighted by Gasteiger charge is 2.57. The van der Waals surface area contributed by atoms with Gasteiger partial charge in [0.1, 0.15) is 5.41 Å². The van der Waals surface area contributed by atoms with E-state index in [9.17, 15) is 14.4 Å². The van der Waals surface area contributed by atoms with Gasteiger partial charge in [-0.3, -0.25) is 9.59 Å². The zero-order valence-corrected chi connectivity index (χ0v) is 15.4. The van der Waals surface area contributed by atoms with E-state index in [4.69, 9.17) is 4.74 Å². The molecule has 0 atom stereocenters. The van der Waals surface area contributed by atoms with Gasteiger partial charge in [-0.1, -0.05) is 18.2 Å². The first-order valence-electron chi connectivity index (χ1n) is 8.90. The molecule has 0 aromatic heterocycles. The molecule has 6 heteroatoms. The molecule has 2 aromatic rings. The fraction of sp³-hybridized carbons (Fsp3) is 0.286. The quantitative estimate of drug-likeness (QED) is 0.629. The van der Waals surface area contributed by atoms with E-state index in [1.807, 2.05) is 30.3 Å². The third-order valence-corrected chi connectivity index (χ3v) is 4.70. The molecule has 2 aromatic carbocycles. The van der Waals surface area contributed by atoms with E-state index in [0.717, 1.165) is 5.69 Å². The SMILES string of the molecule is CCOC(=O)c1ccc(NC(=O)C2(C(=O)N(C)c3ccccc3)CC2)cc1. The predicted octanol–water partition coefficient (Wildman–Crippen LogP) is 3.25. The number of esters is 1. The number of nitrogens with zero attached hydrogens (tertiary/aromatic N) is 1. The molecule has 140 valence electrons. The minimum Gasteiger partial charge on any atom is -0.462 e. The van der Waals surface area contributed by atoms with E-state index in [-0.39, 0.29) is 11.8 Å². The lowest BCUT2D eigenvalue weighted by Gasteiger charge is -2.23. The van der Waals surface area contributed by atoms with Crippen LogP contribution in [0.3, 0.4) is 0 Å². The normalized spacial score (nSPS) is 14.1. The Morgan fingerprint density at radius 1 is 1.04 bits per heavy atom. The first-order valence-corrected chi connectivity index (χ1v) is 8.90. The van der Waals surface area contributed by atoms with Gasteiger partial charge in [0.2, 0.25) is 11.8 Å². The number of amides is 2. The third-order valence-electron chi connectivity index (χ3n) is 4.70. The first-order chi connectivity index (χ1) is 13.0. The van der Waals surface area contributed by atoms with Crippen LogP contribution < -0.4 is 10.2 Å². The number of nitrogens with one attached hydrogen (secondary N) is 1. The first kappa shape index (κ1) is 18.6. The summed E-state index contributed by atoms with van der Waals surface area (Å²) in [5.74, 6) is -0.942. The molecule has 1 saturated carbocycles. The average molecular weight is 366 g/mol. The van der Waals surface area contributed by atoms with Gasteiger partial charge >= 0.3 is 5.97 Å². The second-order valence-corrected chi connectivity index (χ2v) is 6.53. The Labute approximate surface area is 158 Å². The van der Waals surface area contributed by atoms with Crippen LogP contribution >= 0.6 is 0 Å². The second kappa shape index (κ2) is 7.61. The van der Waals surface area contributed by atoms with E-state index >= 15 is 0 Å². The molecule has 1 aliphatic rings. The molecule has 6 nitrogen and oxygen atoms in total. The predicted molar refractivity (Wildman–Crippen MR) is 103 cm³/mol. The van der Waals surface area contributed by atoms with Gasteiger partial charge in [-0.05, 0) is 56.2 Å². The summed E-state index contributed by atoms with van der Waals surface area (Å²) < 4.78 is 4.94. The van der Waals surface area contributed by atoms with E-state index in [1.165, 1.54) is 4.90 Å². The third kappa shape index (κ3) is 3.84. The molecular formula is C21H22N2O4. The molecule has 0 bridgehead atoms. The van der Waals surface area contributed by atoms with E-state index in [2.05, 4.69) is 5.32 Å². The molecule has 27 heavy (non-hydrogen) atoms. The lowest BCUT2D eigenvalue weighted by molar-refractivity contribution is -0.132. The molecule has 3 rings (SSSR count). The maximum absolute atomic E-state index is 12.9. The van der Waals surface area contributed by atoms with Crippen molar-refractivity contribution in [3.05, 3.63) is 60.2 Å². The summed E-state index contributed by atoms with van der Waals surface area (Å²) in [5, 5.41) is 2.79. The maximum atomic E-state index is 12.9. The molecule has 0 radical (unpaired) electrons. The number of anilines is 2. The summed E-state index contributed by atoms with van der Waals surface area (Å²) in [5.41, 5.74) is 0.676. The average Bonchev–Trinajstić information content (AvgIpc) is 3.50. The van der Waals surface area contributed by atoms with Gasteiger partial charge in [-0.2, -0.15) is 0 Å². The van der Waals surface area contributed by atoms with Gasteiger partial charge in [-0.15, -0.1) is 0 Å². The summed E-state index contributed by atoms with van der Waals surface area (Å²) >= 11 is 0. The van der Waals surface area contributed by atoms with Crippen LogP contribution in [-0.4, -0.2) is 31.4 Å². The summed E-state index contributed by atoms with van der Waals surface area (Å²) in [7, 11) is 1.68. The molecule has 1 fully saturated rings. The number of rotatable bonds is 6. The summed E-state index contributed by atoms with van der Waals surface area (Å²) in [4.78, 5) is 38.8. The van der Waals surface area contributed by atoms with Crippen LogP contribution in [0.1, 0.15) is 30.1 Å². The zero-order valence-electron chi connectivity index (χ0n) is 15.4. The number of hydrogen-bond donors (Lipinski definition) is 1. The van der Waals surface area contributed by atoms with Gasteiger partial charge < -0.3 is 15.0 Å². The zero-order chi connectivity index (χ0) is 19.4. The Hall–Kier alpha value is -3.15. The van der Waals surface area contributed by atoms with Crippen LogP contribution in [0.5, 0.6) is 0 Å². The highest BCUT2D eigenvalue weighted by molar-refractivity contribution is 6.17. The smallest absolute Gasteiger partial charge is 0.338 e. The number of benzene rings is 2. The topological polar surface area (TPSA) is 75.7 Å². The Morgan fingerprint density at radius 2 is 1.67 bits per heavy atom. The highest BCUT2D eigenvalue weighted by Crippen LogP contribution is 2.48. The van der Waals surface area contributed by atoms with Crippen molar-refractivity contribution in [2.75, 3.05) is 23.9 Å².